The monoisotopic (exact) mass is 310 g/mol. The van der Waals surface area contributed by atoms with Crippen LogP contribution in [0.2, 0.25) is 0 Å². The van der Waals surface area contributed by atoms with Crippen LogP contribution in [0.1, 0.15) is 26.2 Å². The standard InChI is InChI=1S/C15H22N2O3S/c1-12-6-3-4-9-17(12)15(18)11-16-13-7-5-8-14(10-13)21(2,19)20/h5,7-8,10,12,16H,3-4,6,9,11H2,1-2H3. The third kappa shape index (κ3) is 4.20. The first kappa shape index (κ1) is 15.8. The lowest BCUT2D eigenvalue weighted by Crippen LogP contribution is -2.44. The van der Waals surface area contributed by atoms with Crippen molar-refractivity contribution in [1.29, 1.82) is 0 Å². The molecule has 1 unspecified atom stereocenters. The molecule has 0 spiro atoms. The van der Waals surface area contributed by atoms with E-state index in [1.165, 1.54) is 12.7 Å². The summed E-state index contributed by atoms with van der Waals surface area (Å²) in [7, 11) is -3.23. The number of amides is 1. The Labute approximate surface area is 126 Å². The third-order valence-corrected chi connectivity index (χ3v) is 4.94. The molecule has 1 aromatic rings. The quantitative estimate of drug-likeness (QED) is 0.922. The minimum Gasteiger partial charge on any atom is -0.376 e. The van der Waals surface area contributed by atoms with Gasteiger partial charge in [-0.15, -0.1) is 0 Å². The summed E-state index contributed by atoms with van der Waals surface area (Å²) in [5.41, 5.74) is 0.649. The van der Waals surface area contributed by atoms with Gasteiger partial charge in [0.1, 0.15) is 0 Å². The second-order valence-corrected chi connectivity index (χ2v) is 7.60. The molecule has 1 fully saturated rings. The van der Waals surface area contributed by atoms with Gasteiger partial charge in [0.25, 0.3) is 0 Å². The Morgan fingerprint density at radius 2 is 2.14 bits per heavy atom. The fraction of sp³-hybridized carbons (Fsp3) is 0.533. The summed E-state index contributed by atoms with van der Waals surface area (Å²) < 4.78 is 23.0. The highest BCUT2D eigenvalue weighted by molar-refractivity contribution is 7.90. The lowest BCUT2D eigenvalue weighted by atomic mass is 10.0. The fourth-order valence-corrected chi connectivity index (χ4v) is 3.25. The normalized spacial score (nSPS) is 19.3. The summed E-state index contributed by atoms with van der Waals surface area (Å²) in [4.78, 5) is 14.4. The molecule has 0 bridgehead atoms. The van der Waals surface area contributed by atoms with Gasteiger partial charge >= 0.3 is 0 Å². The summed E-state index contributed by atoms with van der Waals surface area (Å²) in [5, 5.41) is 3.02. The summed E-state index contributed by atoms with van der Waals surface area (Å²) in [6.07, 6.45) is 4.45. The van der Waals surface area contributed by atoms with Crippen molar-refractivity contribution < 1.29 is 13.2 Å². The Hall–Kier alpha value is -1.56. The van der Waals surface area contributed by atoms with E-state index in [1.54, 1.807) is 24.3 Å². The highest BCUT2D eigenvalue weighted by Gasteiger charge is 2.22. The molecule has 1 aliphatic heterocycles. The number of hydrogen-bond acceptors (Lipinski definition) is 4. The van der Waals surface area contributed by atoms with E-state index in [1.807, 2.05) is 4.90 Å². The summed E-state index contributed by atoms with van der Waals surface area (Å²) in [6.45, 7) is 3.07. The zero-order valence-corrected chi connectivity index (χ0v) is 13.3. The number of likely N-dealkylation sites (tertiary alicyclic amines) is 1. The van der Waals surface area contributed by atoms with Gasteiger partial charge in [-0.25, -0.2) is 8.42 Å². The van der Waals surface area contributed by atoms with E-state index in [0.29, 0.717) is 5.69 Å². The predicted molar refractivity (Wildman–Crippen MR) is 83.1 cm³/mol. The zero-order valence-electron chi connectivity index (χ0n) is 12.5. The largest absolute Gasteiger partial charge is 0.376 e. The first-order valence-corrected chi connectivity index (χ1v) is 9.10. The van der Waals surface area contributed by atoms with Crippen molar-refractivity contribution in [3.63, 3.8) is 0 Å². The van der Waals surface area contributed by atoms with Crippen molar-refractivity contribution in [1.82, 2.24) is 4.90 Å². The molecule has 1 N–H and O–H groups in total. The van der Waals surface area contributed by atoms with Crippen molar-refractivity contribution in [2.45, 2.75) is 37.1 Å². The second-order valence-electron chi connectivity index (χ2n) is 5.59. The molecule has 6 heteroatoms. The SMILES string of the molecule is CC1CCCCN1C(=O)CNc1cccc(S(C)(=O)=O)c1. The molecule has 1 atom stereocenters. The molecule has 0 aromatic heterocycles. The molecule has 1 heterocycles. The molecule has 21 heavy (non-hydrogen) atoms. The third-order valence-electron chi connectivity index (χ3n) is 3.83. The number of carbonyl (C=O) groups excluding carboxylic acids is 1. The lowest BCUT2D eigenvalue weighted by molar-refractivity contribution is -0.132. The lowest BCUT2D eigenvalue weighted by Gasteiger charge is -2.33. The first-order chi connectivity index (χ1) is 9.88. The highest BCUT2D eigenvalue weighted by Crippen LogP contribution is 2.18. The Morgan fingerprint density at radius 3 is 2.81 bits per heavy atom. The Kier molecular flexibility index (Phi) is 4.88. The van der Waals surface area contributed by atoms with E-state index in [2.05, 4.69) is 12.2 Å². The van der Waals surface area contributed by atoms with Gasteiger partial charge in [-0.05, 0) is 44.4 Å². The second kappa shape index (κ2) is 6.47. The van der Waals surface area contributed by atoms with E-state index in [0.717, 1.165) is 19.4 Å². The van der Waals surface area contributed by atoms with Crippen molar-refractivity contribution in [2.24, 2.45) is 0 Å². The number of benzene rings is 1. The van der Waals surface area contributed by atoms with Gasteiger partial charge in [-0.3, -0.25) is 4.79 Å². The molecule has 0 radical (unpaired) electrons. The summed E-state index contributed by atoms with van der Waals surface area (Å²) in [5.74, 6) is 0.0620. The van der Waals surface area contributed by atoms with Crippen molar-refractivity contribution in [3.8, 4) is 0 Å². The number of sulfone groups is 1. The predicted octanol–water partition coefficient (Wildman–Crippen LogP) is 1.90. The van der Waals surface area contributed by atoms with E-state index in [-0.39, 0.29) is 23.4 Å². The molecule has 5 nitrogen and oxygen atoms in total. The van der Waals surface area contributed by atoms with Gasteiger partial charge in [0, 0.05) is 24.5 Å². The first-order valence-electron chi connectivity index (χ1n) is 7.21. The van der Waals surface area contributed by atoms with Crippen molar-refractivity contribution in [3.05, 3.63) is 24.3 Å². The summed E-state index contributed by atoms with van der Waals surface area (Å²) in [6, 6.07) is 6.83. The van der Waals surface area contributed by atoms with Gasteiger partial charge in [-0.1, -0.05) is 6.07 Å². The van der Waals surface area contributed by atoms with Crippen LogP contribution in [-0.2, 0) is 14.6 Å². The molecule has 1 amide bonds. The van der Waals surface area contributed by atoms with Crippen LogP contribution in [0.5, 0.6) is 0 Å². The van der Waals surface area contributed by atoms with Crippen LogP contribution in [0.15, 0.2) is 29.2 Å². The maximum atomic E-state index is 12.2. The van der Waals surface area contributed by atoms with Crippen molar-refractivity contribution >= 4 is 21.4 Å². The van der Waals surface area contributed by atoms with Crippen LogP contribution in [0.4, 0.5) is 5.69 Å². The Bertz CT molecular complexity index is 613. The molecular weight excluding hydrogens is 288 g/mol. The highest BCUT2D eigenvalue weighted by atomic mass is 32.2. The van der Waals surface area contributed by atoms with Gasteiger partial charge < -0.3 is 10.2 Å². The van der Waals surface area contributed by atoms with Crippen LogP contribution < -0.4 is 5.32 Å². The van der Waals surface area contributed by atoms with Crippen LogP contribution in [0.25, 0.3) is 0 Å². The summed E-state index contributed by atoms with van der Waals surface area (Å²) >= 11 is 0. The zero-order chi connectivity index (χ0) is 15.5. The van der Waals surface area contributed by atoms with E-state index in [4.69, 9.17) is 0 Å². The van der Waals surface area contributed by atoms with Crippen molar-refractivity contribution in [2.75, 3.05) is 24.7 Å². The molecular formula is C15H22N2O3S. The number of hydrogen-bond donors (Lipinski definition) is 1. The minimum atomic E-state index is -3.23. The van der Waals surface area contributed by atoms with E-state index in [9.17, 15) is 13.2 Å². The number of nitrogens with one attached hydrogen (secondary N) is 1. The smallest absolute Gasteiger partial charge is 0.242 e. The van der Waals surface area contributed by atoms with Crippen LogP contribution in [-0.4, -0.2) is 44.6 Å². The van der Waals surface area contributed by atoms with Crippen LogP contribution in [0, 0.1) is 0 Å². The maximum absolute atomic E-state index is 12.2. The number of carbonyl (C=O) groups is 1. The van der Waals surface area contributed by atoms with Gasteiger partial charge in [0.2, 0.25) is 5.91 Å². The van der Waals surface area contributed by atoms with Crippen LogP contribution in [0.3, 0.4) is 0 Å². The van der Waals surface area contributed by atoms with Gasteiger partial charge in [0.15, 0.2) is 9.84 Å². The number of rotatable bonds is 4. The minimum absolute atomic E-state index is 0.0620. The molecule has 116 valence electrons. The molecule has 1 aliphatic rings. The maximum Gasteiger partial charge on any atom is 0.242 e. The number of anilines is 1. The van der Waals surface area contributed by atoms with E-state index >= 15 is 0 Å². The average molecular weight is 310 g/mol. The average Bonchev–Trinajstić information content (AvgIpc) is 2.45. The Morgan fingerprint density at radius 1 is 1.38 bits per heavy atom. The van der Waals surface area contributed by atoms with Gasteiger partial charge in [0.05, 0.1) is 11.4 Å². The molecule has 1 saturated heterocycles. The molecule has 0 saturated carbocycles. The van der Waals surface area contributed by atoms with Crippen LogP contribution >= 0.6 is 0 Å². The number of nitrogens with zero attached hydrogens (tertiary/aromatic N) is 1. The topological polar surface area (TPSA) is 66.5 Å². The molecule has 2 rings (SSSR count). The molecule has 1 aromatic carbocycles. The van der Waals surface area contributed by atoms with E-state index < -0.39 is 9.84 Å². The fourth-order valence-electron chi connectivity index (χ4n) is 2.58. The number of piperidine rings is 1. The Balaban J connectivity index is 1.98. The van der Waals surface area contributed by atoms with Gasteiger partial charge in [-0.2, -0.15) is 0 Å². The molecule has 0 aliphatic carbocycles.